The first-order valence-corrected chi connectivity index (χ1v) is 12.4. The summed E-state index contributed by atoms with van der Waals surface area (Å²) >= 11 is 0. The maximum absolute atomic E-state index is 13.8. The molecule has 8 nitrogen and oxygen atoms in total. The number of amides is 3. The summed E-state index contributed by atoms with van der Waals surface area (Å²) in [4.78, 5) is 45.7. The second kappa shape index (κ2) is 11.7. The number of carbonyl (C=O) groups excluding carboxylic acids is 3. The smallest absolute Gasteiger partial charge is 0.287 e. The fraction of sp³-hybridized carbons (Fsp3) is 0.357. The lowest BCUT2D eigenvalue weighted by Crippen LogP contribution is -2.50. The van der Waals surface area contributed by atoms with Crippen LogP contribution < -0.4 is 15.5 Å². The SMILES string of the molecule is Cc1cccc(N(C(=O)CNC(=O)c2ccco2)C(C(=O)NC2CCCCC2)c2ccncc2)c1C. The number of rotatable bonds is 8. The highest BCUT2D eigenvalue weighted by Crippen LogP contribution is 2.32. The van der Waals surface area contributed by atoms with Crippen molar-refractivity contribution in [1.82, 2.24) is 15.6 Å². The molecule has 1 unspecified atom stereocenters. The topological polar surface area (TPSA) is 105 Å². The minimum Gasteiger partial charge on any atom is -0.459 e. The Morgan fingerprint density at radius 2 is 1.78 bits per heavy atom. The molecule has 8 heteroatoms. The van der Waals surface area contributed by atoms with Crippen LogP contribution in [0.4, 0.5) is 5.69 Å². The number of carbonyl (C=O) groups is 3. The van der Waals surface area contributed by atoms with E-state index in [1.54, 1.807) is 30.6 Å². The van der Waals surface area contributed by atoms with Gasteiger partial charge in [0, 0.05) is 24.1 Å². The third-order valence-electron chi connectivity index (χ3n) is 6.73. The van der Waals surface area contributed by atoms with Crippen LogP contribution in [0.1, 0.15) is 65.4 Å². The van der Waals surface area contributed by atoms with Crippen molar-refractivity contribution < 1.29 is 18.8 Å². The highest BCUT2D eigenvalue weighted by atomic mass is 16.3. The molecule has 0 radical (unpaired) electrons. The number of hydrogen-bond donors (Lipinski definition) is 2. The van der Waals surface area contributed by atoms with Gasteiger partial charge in [-0.05, 0) is 73.7 Å². The fourth-order valence-corrected chi connectivity index (χ4v) is 4.64. The number of aryl methyl sites for hydroxylation is 1. The molecule has 0 aliphatic heterocycles. The van der Waals surface area contributed by atoms with E-state index in [0.717, 1.165) is 36.8 Å². The van der Waals surface area contributed by atoms with Crippen LogP contribution in [-0.2, 0) is 9.59 Å². The molecule has 0 bridgehead atoms. The van der Waals surface area contributed by atoms with Crippen LogP contribution in [0.25, 0.3) is 0 Å². The Balaban J connectivity index is 1.70. The van der Waals surface area contributed by atoms with Crippen LogP contribution in [0.3, 0.4) is 0 Å². The molecule has 4 rings (SSSR count). The van der Waals surface area contributed by atoms with Crippen molar-refractivity contribution in [3.63, 3.8) is 0 Å². The average Bonchev–Trinajstić information content (AvgIpc) is 3.44. The first kappa shape index (κ1) is 25.2. The lowest BCUT2D eigenvalue weighted by Gasteiger charge is -2.34. The second-order valence-electron chi connectivity index (χ2n) is 9.17. The average molecular weight is 489 g/mol. The predicted octanol–water partition coefficient (Wildman–Crippen LogP) is 4.24. The molecule has 3 amide bonds. The largest absolute Gasteiger partial charge is 0.459 e. The molecule has 1 saturated carbocycles. The number of nitrogens with zero attached hydrogens (tertiary/aromatic N) is 2. The zero-order valence-corrected chi connectivity index (χ0v) is 20.7. The molecular weight excluding hydrogens is 456 g/mol. The Hall–Kier alpha value is -3.94. The Labute approximate surface area is 211 Å². The molecule has 1 fully saturated rings. The van der Waals surface area contributed by atoms with Crippen LogP contribution in [0.2, 0.25) is 0 Å². The van der Waals surface area contributed by atoms with Crippen molar-refractivity contribution in [2.24, 2.45) is 0 Å². The fourth-order valence-electron chi connectivity index (χ4n) is 4.64. The summed E-state index contributed by atoms with van der Waals surface area (Å²) in [5.41, 5.74) is 3.14. The van der Waals surface area contributed by atoms with Gasteiger partial charge < -0.3 is 15.1 Å². The van der Waals surface area contributed by atoms with E-state index in [9.17, 15) is 14.4 Å². The van der Waals surface area contributed by atoms with E-state index in [0.29, 0.717) is 11.3 Å². The van der Waals surface area contributed by atoms with E-state index in [1.165, 1.54) is 23.7 Å². The number of nitrogens with one attached hydrogen (secondary N) is 2. The molecule has 1 aliphatic rings. The predicted molar refractivity (Wildman–Crippen MR) is 136 cm³/mol. The van der Waals surface area contributed by atoms with Crippen molar-refractivity contribution in [1.29, 1.82) is 0 Å². The summed E-state index contributed by atoms with van der Waals surface area (Å²) < 4.78 is 5.14. The van der Waals surface area contributed by atoms with Gasteiger partial charge in [0.15, 0.2) is 5.76 Å². The summed E-state index contributed by atoms with van der Waals surface area (Å²) in [6.45, 7) is 3.59. The van der Waals surface area contributed by atoms with E-state index < -0.39 is 17.9 Å². The Bertz CT molecular complexity index is 1190. The second-order valence-corrected chi connectivity index (χ2v) is 9.17. The van der Waals surface area contributed by atoms with Crippen molar-refractivity contribution in [3.8, 4) is 0 Å². The zero-order valence-electron chi connectivity index (χ0n) is 20.7. The molecule has 0 saturated heterocycles. The van der Waals surface area contributed by atoms with E-state index in [2.05, 4.69) is 15.6 Å². The Morgan fingerprint density at radius 1 is 1.03 bits per heavy atom. The van der Waals surface area contributed by atoms with Crippen molar-refractivity contribution in [3.05, 3.63) is 83.6 Å². The van der Waals surface area contributed by atoms with Gasteiger partial charge >= 0.3 is 0 Å². The van der Waals surface area contributed by atoms with Crippen molar-refractivity contribution >= 4 is 23.4 Å². The van der Waals surface area contributed by atoms with Crippen LogP contribution in [0.15, 0.2) is 65.5 Å². The highest BCUT2D eigenvalue weighted by molar-refractivity contribution is 6.04. The Morgan fingerprint density at radius 3 is 2.47 bits per heavy atom. The minimum absolute atomic E-state index is 0.0739. The molecule has 2 aromatic heterocycles. The van der Waals surface area contributed by atoms with Gasteiger partial charge in [-0.1, -0.05) is 31.4 Å². The summed E-state index contributed by atoms with van der Waals surface area (Å²) in [7, 11) is 0. The number of pyridine rings is 1. The molecule has 1 atom stereocenters. The third kappa shape index (κ3) is 5.82. The molecule has 2 heterocycles. The third-order valence-corrected chi connectivity index (χ3v) is 6.73. The molecule has 2 N–H and O–H groups in total. The summed E-state index contributed by atoms with van der Waals surface area (Å²) in [5.74, 6) is -1.05. The summed E-state index contributed by atoms with van der Waals surface area (Å²) in [6.07, 6.45) is 9.78. The molecule has 3 aromatic rings. The van der Waals surface area contributed by atoms with E-state index >= 15 is 0 Å². The lowest BCUT2D eigenvalue weighted by molar-refractivity contribution is -0.127. The zero-order chi connectivity index (χ0) is 25.5. The van der Waals surface area contributed by atoms with E-state index in [4.69, 9.17) is 4.42 Å². The molecule has 36 heavy (non-hydrogen) atoms. The number of benzene rings is 1. The van der Waals surface area contributed by atoms with Crippen LogP contribution >= 0.6 is 0 Å². The van der Waals surface area contributed by atoms with Gasteiger partial charge in [0.25, 0.3) is 5.91 Å². The normalized spacial score (nSPS) is 14.6. The van der Waals surface area contributed by atoms with Gasteiger partial charge in [0.1, 0.15) is 6.04 Å². The number of furan rings is 1. The first-order chi connectivity index (χ1) is 17.5. The van der Waals surface area contributed by atoms with Crippen LogP contribution in [0.5, 0.6) is 0 Å². The number of hydrogen-bond acceptors (Lipinski definition) is 5. The molecule has 1 aliphatic carbocycles. The maximum atomic E-state index is 13.8. The molecule has 0 spiro atoms. The number of aromatic nitrogens is 1. The van der Waals surface area contributed by atoms with Gasteiger partial charge in [-0.15, -0.1) is 0 Å². The monoisotopic (exact) mass is 488 g/mol. The summed E-state index contributed by atoms with van der Waals surface area (Å²) in [5, 5.41) is 5.82. The standard InChI is InChI=1S/C28H32N4O4/c1-19-8-6-11-23(20(19)2)32(25(33)18-30-27(34)24-12-7-17-36-24)26(21-13-15-29-16-14-21)28(35)31-22-9-4-3-5-10-22/h6-8,11-17,22,26H,3-5,9-10,18H2,1-2H3,(H,30,34)(H,31,35). The van der Waals surface area contributed by atoms with Crippen molar-refractivity contribution in [2.75, 3.05) is 11.4 Å². The molecule has 1 aromatic carbocycles. The first-order valence-electron chi connectivity index (χ1n) is 12.4. The van der Waals surface area contributed by atoms with Gasteiger partial charge in [0.2, 0.25) is 11.8 Å². The van der Waals surface area contributed by atoms with Crippen LogP contribution in [0, 0.1) is 13.8 Å². The van der Waals surface area contributed by atoms with Crippen molar-refractivity contribution in [2.45, 2.75) is 58.0 Å². The molecular formula is C28H32N4O4. The van der Waals surface area contributed by atoms with E-state index in [-0.39, 0.29) is 24.3 Å². The quantitative estimate of drug-likeness (QED) is 0.493. The van der Waals surface area contributed by atoms with Crippen LogP contribution in [-0.4, -0.2) is 35.3 Å². The van der Waals surface area contributed by atoms with Gasteiger partial charge in [-0.2, -0.15) is 0 Å². The van der Waals surface area contributed by atoms with Gasteiger partial charge in [-0.25, -0.2) is 0 Å². The lowest BCUT2D eigenvalue weighted by atomic mass is 9.94. The highest BCUT2D eigenvalue weighted by Gasteiger charge is 2.35. The van der Waals surface area contributed by atoms with Gasteiger partial charge in [0.05, 0.1) is 12.8 Å². The number of anilines is 1. The summed E-state index contributed by atoms with van der Waals surface area (Å²) in [6, 6.07) is 11.4. The Kier molecular flexibility index (Phi) is 8.15. The van der Waals surface area contributed by atoms with E-state index in [1.807, 2.05) is 32.0 Å². The minimum atomic E-state index is -0.927. The van der Waals surface area contributed by atoms with Gasteiger partial charge in [-0.3, -0.25) is 24.3 Å². The molecule has 188 valence electrons. The maximum Gasteiger partial charge on any atom is 0.287 e.